The second-order valence-electron chi connectivity index (χ2n) is 4.06. The minimum absolute atomic E-state index is 0.247. The monoisotopic (exact) mass is 185 g/mol. The van der Waals surface area contributed by atoms with Gasteiger partial charge in [0.25, 0.3) is 0 Å². The maximum absolute atomic E-state index is 8.56. The van der Waals surface area contributed by atoms with E-state index in [9.17, 15) is 0 Å². The molecule has 13 heavy (non-hydrogen) atoms. The largest absolute Gasteiger partial charge is 0.396 e. The average Bonchev–Trinajstić information content (AvgIpc) is 2.86. The molecule has 0 aromatic carbocycles. The number of rotatable bonds is 6. The molecule has 1 aliphatic heterocycles. The Hall–Kier alpha value is -0.120. The Morgan fingerprint density at radius 3 is 2.69 bits per heavy atom. The van der Waals surface area contributed by atoms with E-state index in [0.29, 0.717) is 12.6 Å². The van der Waals surface area contributed by atoms with Gasteiger partial charge in [-0.05, 0) is 25.7 Å². The molecule has 1 saturated heterocycles. The third kappa shape index (κ3) is 2.42. The van der Waals surface area contributed by atoms with Crippen molar-refractivity contribution in [3.05, 3.63) is 0 Å². The van der Waals surface area contributed by atoms with E-state index in [1.807, 2.05) is 0 Å². The molecule has 2 aliphatic rings. The molecule has 0 aromatic heterocycles. The van der Waals surface area contributed by atoms with Gasteiger partial charge in [0.05, 0.1) is 6.61 Å². The number of ether oxygens (including phenoxy) is 1. The molecule has 1 aliphatic carbocycles. The Morgan fingerprint density at radius 2 is 2.15 bits per heavy atom. The molecule has 3 nitrogen and oxygen atoms in total. The fraction of sp³-hybridized carbons (Fsp3) is 1.00. The third-order valence-corrected chi connectivity index (χ3v) is 2.96. The van der Waals surface area contributed by atoms with Crippen molar-refractivity contribution in [2.45, 2.75) is 37.8 Å². The molecule has 2 fully saturated rings. The van der Waals surface area contributed by atoms with Crippen LogP contribution in [0, 0.1) is 0 Å². The van der Waals surface area contributed by atoms with Crippen LogP contribution in [-0.2, 0) is 4.74 Å². The first-order valence-electron chi connectivity index (χ1n) is 5.36. The van der Waals surface area contributed by atoms with Gasteiger partial charge in [-0.2, -0.15) is 0 Å². The normalized spacial score (nSPS) is 28.8. The van der Waals surface area contributed by atoms with Gasteiger partial charge in [0.15, 0.2) is 0 Å². The molecule has 2 rings (SSSR count). The molecule has 1 unspecified atom stereocenters. The molecule has 0 radical (unpaired) electrons. The molecule has 0 aromatic rings. The van der Waals surface area contributed by atoms with E-state index in [0.717, 1.165) is 19.1 Å². The second kappa shape index (κ2) is 4.40. The molecular weight excluding hydrogens is 166 g/mol. The van der Waals surface area contributed by atoms with Gasteiger partial charge in [-0.3, -0.25) is 4.90 Å². The topological polar surface area (TPSA) is 32.7 Å². The van der Waals surface area contributed by atoms with E-state index < -0.39 is 0 Å². The van der Waals surface area contributed by atoms with Gasteiger partial charge >= 0.3 is 0 Å². The lowest BCUT2D eigenvalue weighted by Crippen LogP contribution is -2.51. The van der Waals surface area contributed by atoms with Gasteiger partial charge in [0.1, 0.15) is 0 Å². The van der Waals surface area contributed by atoms with Gasteiger partial charge in [-0.25, -0.2) is 0 Å². The SMILES string of the molecule is OCCCOCC1CCN1C1CC1. The predicted octanol–water partition coefficient (Wildman–Crippen LogP) is 0.622. The highest BCUT2D eigenvalue weighted by molar-refractivity contribution is 4.94. The summed E-state index contributed by atoms with van der Waals surface area (Å²) in [6, 6.07) is 1.58. The lowest BCUT2D eigenvalue weighted by molar-refractivity contribution is -0.00283. The summed E-state index contributed by atoms with van der Waals surface area (Å²) in [7, 11) is 0. The third-order valence-electron chi connectivity index (χ3n) is 2.96. The van der Waals surface area contributed by atoms with Gasteiger partial charge in [-0.1, -0.05) is 0 Å². The standard InChI is InChI=1S/C10H19NO2/c12-6-1-7-13-8-10-4-5-11(10)9-2-3-9/h9-10,12H,1-8H2. The summed E-state index contributed by atoms with van der Waals surface area (Å²) in [5, 5.41) is 8.56. The van der Waals surface area contributed by atoms with Crippen molar-refractivity contribution in [1.82, 2.24) is 4.90 Å². The molecule has 0 amide bonds. The summed E-state index contributed by atoms with van der Waals surface area (Å²) in [4.78, 5) is 2.57. The Kier molecular flexibility index (Phi) is 3.19. The molecule has 0 bridgehead atoms. The number of hydrogen-bond donors (Lipinski definition) is 1. The first-order chi connectivity index (χ1) is 6.42. The first-order valence-corrected chi connectivity index (χ1v) is 5.36. The lowest BCUT2D eigenvalue weighted by atomic mass is 10.0. The summed E-state index contributed by atoms with van der Waals surface area (Å²) in [6.45, 7) is 3.11. The van der Waals surface area contributed by atoms with E-state index in [1.165, 1.54) is 25.8 Å². The molecule has 3 heteroatoms. The van der Waals surface area contributed by atoms with E-state index >= 15 is 0 Å². The molecule has 76 valence electrons. The van der Waals surface area contributed by atoms with Gasteiger partial charge in [0.2, 0.25) is 0 Å². The van der Waals surface area contributed by atoms with Crippen LogP contribution in [0.15, 0.2) is 0 Å². The smallest absolute Gasteiger partial charge is 0.0622 e. The van der Waals surface area contributed by atoms with Crippen LogP contribution in [0.25, 0.3) is 0 Å². The maximum atomic E-state index is 8.56. The summed E-state index contributed by atoms with van der Waals surface area (Å²) in [5.41, 5.74) is 0. The van der Waals surface area contributed by atoms with Gasteiger partial charge in [-0.15, -0.1) is 0 Å². The lowest BCUT2D eigenvalue weighted by Gasteiger charge is -2.41. The van der Waals surface area contributed by atoms with Crippen LogP contribution in [-0.4, -0.2) is 48.5 Å². The van der Waals surface area contributed by atoms with E-state index in [1.54, 1.807) is 0 Å². The number of nitrogens with zero attached hydrogens (tertiary/aromatic N) is 1. The summed E-state index contributed by atoms with van der Waals surface area (Å²) >= 11 is 0. The number of aliphatic hydroxyl groups excluding tert-OH is 1. The van der Waals surface area contributed by atoms with Crippen molar-refractivity contribution in [2.24, 2.45) is 0 Å². The fourth-order valence-corrected chi connectivity index (χ4v) is 1.91. The van der Waals surface area contributed by atoms with Crippen LogP contribution < -0.4 is 0 Å². The average molecular weight is 185 g/mol. The zero-order chi connectivity index (χ0) is 9.10. The van der Waals surface area contributed by atoms with Crippen molar-refractivity contribution in [3.63, 3.8) is 0 Å². The van der Waals surface area contributed by atoms with Crippen LogP contribution in [0.4, 0.5) is 0 Å². The van der Waals surface area contributed by atoms with Gasteiger partial charge in [0, 0.05) is 31.8 Å². The number of aliphatic hydroxyl groups is 1. The highest BCUT2D eigenvalue weighted by atomic mass is 16.5. The van der Waals surface area contributed by atoms with E-state index in [4.69, 9.17) is 9.84 Å². The van der Waals surface area contributed by atoms with Crippen LogP contribution in [0.1, 0.15) is 25.7 Å². The highest BCUT2D eigenvalue weighted by Crippen LogP contribution is 2.34. The molecule has 1 saturated carbocycles. The number of hydrogen-bond acceptors (Lipinski definition) is 3. The Bertz CT molecular complexity index is 159. The predicted molar refractivity (Wildman–Crippen MR) is 50.7 cm³/mol. The van der Waals surface area contributed by atoms with E-state index in [2.05, 4.69) is 4.90 Å². The summed E-state index contributed by atoms with van der Waals surface area (Å²) in [6.07, 6.45) is 4.87. The first kappa shape index (κ1) is 9.44. The van der Waals surface area contributed by atoms with Crippen molar-refractivity contribution in [2.75, 3.05) is 26.4 Å². The van der Waals surface area contributed by atoms with Crippen molar-refractivity contribution in [3.8, 4) is 0 Å². The minimum Gasteiger partial charge on any atom is -0.396 e. The van der Waals surface area contributed by atoms with Crippen molar-refractivity contribution >= 4 is 0 Å². The molecule has 0 spiro atoms. The Balaban J connectivity index is 1.54. The van der Waals surface area contributed by atoms with Crippen LogP contribution >= 0.6 is 0 Å². The molecule has 1 atom stereocenters. The van der Waals surface area contributed by atoms with E-state index in [-0.39, 0.29) is 6.61 Å². The highest BCUT2D eigenvalue weighted by Gasteiger charge is 2.39. The summed E-state index contributed by atoms with van der Waals surface area (Å²) < 4.78 is 5.48. The zero-order valence-corrected chi connectivity index (χ0v) is 8.11. The van der Waals surface area contributed by atoms with Crippen LogP contribution in [0.3, 0.4) is 0 Å². The quantitative estimate of drug-likeness (QED) is 0.616. The van der Waals surface area contributed by atoms with Crippen LogP contribution in [0.2, 0.25) is 0 Å². The van der Waals surface area contributed by atoms with Crippen LogP contribution in [0.5, 0.6) is 0 Å². The molecular formula is C10H19NO2. The minimum atomic E-state index is 0.247. The molecule has 1 heterocycles. The van der Waals surface area contributed by atoms with Gasteiger partial charge < -0.3 is 9.84 Å². The summed E-state index contributed by atoms with van der Waals surface area (Å²) in [5.74, 6) is 0. The maximum Gasteiger partial charge on any atom is 0.0622 e. The van der Waals surface area contributed by atoms with Crippen molar-refractivity contribution < 1.29 is 9.84 Å². The molecule has 1 N–H and O–H groups in total. The second-order valence-corrected chi connectivity index (χ2v) is 4.06. The Morgan fingerprint density at radius 1 is 1.31 bits per heavy atom. The van der Waals surface area contributed by atoms with Crippen molar-refractivity contribution in [1.29, 1.82) is 0 Å². The zero-order valence-electron chi connectivity index (χ0n) is 8.11. The fourth-order valence-electron chi connectivity index (χ4n) is 1.91. The Labute approximate surface area is 79.7 Å². The number of likely N-dealkylation sites (tertiary alicyclic amines) is 1.